The maximum Gasteiger partial charge on any atom is 0.0594 e. The van der Waals surface area contributed by atoms with Gasteiger partial charge in [0.2, 0.25) is 0 Å². The van der Waals surface area contributed by atoms with Crippen molar-refractivity contribution in [1.29, 1.82) is 0 Å². The highest BCUT2D eigenvalue weighted by molar-refractivity contribution is 5.84. The molecule has 136 valence electrons. The number of aromatic nitrogens is 1. The third-order valence-electron chi connectivity index (χ3n) is 5.09. The summed E-state index contributed by atoms with van der Waals surface area (Å²) in [5.41, 5.74) is 4.01. The Kier molecular flexibility index (Phi) is 5.65. The molecular formula is C22H27N3O. The molecule has 0 saturated carbocycles. The molecule has 2 heterocycles. The highest BCUT2D eigenvalue weighted by Gasteiger charge is 2.11. The number of para-hydroxylation sites is 1. The Morgan fingerprint density at radius 2 is 1.69 bits per heavy atom. The van der Waals surface area contributed by atoms with Crippen molar-refractivity contribution in [3.8, 4) is 0 Å². The second kappa shape index (κ2) is 8.49. The zero-order valence-electron chi connectivity index (χ0n) is 15.2. The summed E-state index contributed by atoms with van der Waals surface area (Å²) >= 11 is 0. The molecule has 1 aliphatic rings. The first-order valence-electron chi connectivity index (χ1n) is 9.51. The molecule has 0 bridgehead atoms. The third kappa shape index (κ3) is 4.15. The van der Waals surface area contributed by atoms with Gasteiger partial charge in [0, 0.05) is 56.4 Å². The molecule has 1 saturated heterocycles. The van der Waals surface area contributed by atoms with E-state index in [9.17, 15) is 0 Å². The molecule has 0 radical (unpaired) electrons. The zero-order valence-corrected chi connectivity index (χ0v) is 15.2. The van der Waals surface area contributed by atoms with Crippen LogP contribution in [0.15, 0.2) is 60.8 Å². The molecule has 3 aromatic rings. The minimum atomic E-state index is 0.868. The maximum atomic E-state index is 5.41. The second-order valence-electron chi connectivity index (χ2n) is 6.92. The topological polar surface area (TPSA) is 29.4 Å². The molecule has 0 amide bonds. The van der Waals surface area contributed by atoms with E-state index in [4.69, 9.17) is 4.74 Å². The van der Waals surface area contributed by atoms with Crippen LogP contribution in [-0.4, -0.2) is 48.9 Å². The molecule has 4 nitrogen and oxygen atoms in total. The van der Waals surface area contributed by atoms with Crippen LogP contribution in [0.25, 0.3) is 10.9 Å². The predicted octanol–water partition coefficient (Wildman–Crippen LogP) is 3.11. The van der Waals surface area contributed by atoms with Crippen LogP contribution in [0.3, 0.4) is 0 Å². The van der Waals surface area contributed by atoms with Gasteiger partial charge in [0.25, 0.3) is 0 Å². The molecule has 2 aromatic carbocycles. The lowest BCUT2D eigenvalue weighted by Gasteiger charge is -2.26. The fraction of sp³-hybridized carbons (Fsp3) is 0.364. The molecular weight excluding hydrogens is 322 g/mol. The molecule has 0 atom stereocenters. The number of benzene rings is 2. The van der Waals surface area contributed by atoms with Crippen LogP contribution in [0, 0.1) is 0 Å². The van der Waals surface area contributed by atoms with Crippen LogP contribution in [0.4, 0.5) is 0 Å². The van der Waals surface area contributed by atoms with Gasteiger partial charge in [-0.05, 0) is 17.2 Å². The van der Waals surface area contributed by atoms with Gasteiger partial charge in [-0.25, -0.2) is 0 Å². The monoisotopic (exact) mass is 349 g/mol. The largest absolute Gasteiger partial charge is 0.379 e. The van der Waals surface area contributed by atoms with Crippen molar-refractivity contribution in [3.05, 3.63) is 71.9 Å². The molecule has 4 heteroatoms. The molecule has 4 rings (SSSR count). The summed E-state index contributed by atoms with van der Waals surface area (Å²) in [5.74, 6) is 0. The Labute approximate surface area is 155 Å². The third-order valence-corrected chi connectivity index (χ3v) is 5.09. The van der Waals surface area contributed by atoms with E-state index in [1.165, 1.54) is 22.0 Å². The van der Waals surface area contributed by atoms with Crippen LogP contribution in [0.2, 0.25) is 0 Å². The molecule has 0 aliphatic carbocycles. The minimum absolute atomic E-state index is 0.868. The summed E-state index contributed by atoms with van der Waals surface area (Å²) in [6.45, 7) is 7.77. The number of fused-ring (bicyclic) bond motifs is 1. The summed E-state index contributed by atoms with van der Waals surface area (Å²) in [4.78, 5) is 2.47. The molecule has 1 aliphatic heterocycles. The number of hydrogen-bond acceptors (Lipinski definition) is 3. The van der Waals surface area contributed by atoms with E-state index in [0.717, 1.165) is 52.5 Å². The van der Waals surface area contributed by atoms with Crippen molar-refractivity contribution >= 4 is 10.9 Å². The Balaban J connectivity index is 1.41. The molecule has 1 N–H and O–H groups in total. The van der Waals surface area contributed by atoms with Gasteiger partial charge in [0.05, 0.1) is 13.2 Å². The van der Waals surface area contributed by atoms with E-state index >= 15 is 0 Å². The Hall–Kier alpha value is -2.14. The minimum Gasteiger partial charge on any atom is -0.379 e. The Morgan fingerprint density at radius 3 is 2.54 bits per heavy atom. The first-order chi connectivity index (χ1) is 12.9. The van der Waals surface area contributed by atoms with E-state index < -0.39 is 0 Å². The zero-order chi connectivity index (χ0) is 17.6. The second-order valence-corrected chi connectivity index (χ2v) is 6.92. The highest BCUT2D eigenvalue weighted by atomic mass is 16.5. The van der Waals surface area contributed by atoms with Gasteiger partial charge in [-0.2, -0.15) is 0 Å². The summed E-state index contributed by atoms with van der Waals surface area (Å²) in [7, 11) is 0. The lowest BCUT2D eigenvalue weighted by Crippen LogP contribution is -2.40. The van der Waals surface area contributed by atoms with E-state index in [0.29, 0.717) is 0 Å². The smallest absolute Gasteiger partial charge is 0.0594 e. The molecule has 1 fully saturated rings. The van der Waals surface area contributed by atoms with Crippen molar-refractivity contribution in [2.24, 2.45) is 0 Å². The number of ether oxygens (including phenoxy) is 1. The van der Waals surface area contributed by atoms with E-state index in [-0.39, 0.29) is 0 Å². The fourth-order valence-corrected chi connectivity index (χ4v) is 3.66. The summed E-state index contributed by atoms with van der Waals surface area (Å²) in [6.07, 6.45) is 2.30. The van der Waals surface area contributed by atoms with Crippen molar-refractivity contribution in [2.75, 3.05) is 39.4 Å². The van der Waals surface area contributed by atoms with E-state index in [2.05, 4.69) is 75.6 Å². The van der Waals surface area contributed by atoms with Gasteiger partial charge in [-0.15, -0.1) is 0 Å². The van der Waals surface area contributed by atoms with Crippen molar-refractivity contribution in [2.45, 2.75) is 13.1 Å². The Morgan fingerprint density at radius 1 is 0.923 bits per heavy atom. The number of nitrogens with zero attached hydrogens (tertiary/aromatic N) is 2. The van der Waals surface area contributed by atoms with Crippen molar-refractivity contribution < 1.29 is 4.74 Å². The van der Waals surface area contributed by atoms with Gasteiger partial charge in [0.15, 0.2) is 0 Å². The molecule has 26 heavy (non-hydrogen) atoms. The predicted molar refractivity (Wildman–Crippen MR) is 106 cm³/mol. The normalized spacial score (nSPS) is 15.5. The van der Waals surface area contributed by atoms with Crippen LogP contribution in [-0.2, 0) is 17.8 Å². The number of rotatable bonds is 7. The fourth-order valence-electron chi connectivity index (χ4n) is 3.66. The molecule has 0 unspecified atom stereocenters. The first-order valence-corrected chi connectivity index (χ1v) is 9.51. The lowest BCUT2D eigenvalue weighted by molar-refractivity contribution is 0.0384. The van der Waals surface area contributed by atoms with Gasteiger partial charge >= 0.3 is 0 Å². The molecule has 0 spiro atoms. The van der Waals surface area contributed by atoms with Gasteiger partial charge in [0.1, 0.15) is 0 Å². The van der Waals surface area contributed by atoms with Gasteiger partial charge in [-0.1, -0.05) is 48.5 Å². The van der Waals surface area contributed by atoms with Crippen molar-refractivity contribution in [1.82, 2.24) is 14.8 Å². The average Bonchev–Trinajstić information content (AvgIpc) is 3.05. The average molecular weight is 349 g/mol. The lowest BCUT2D eigenvalue weighted by atomic mass is 10.2. The first kappa shape index (κ1) is 17.3. The molecule has 1 aromatic heterocycles. The SMILES string of the molecule is c1ccc(Cn2cc(CNCCN3CCOCC3)c3ccccc32)cc1. The van der Waals surface area contributed by atoms with Crippen LogP contribution in [0.1, 0.15) is 11.1 Å². The van der Waals surface area contributed by atoms with E-state index in [1.807, 2.05) is 0 Å². The van der Waals surface area contributed by atoms with Crippen LogP contribution >= 0.6 is 0 Å². The highest BCUT2D eigenvalue weighted by Crippen LogP contribution is 2.22. The van der Waals surface area contributed by atoms with E-state index in [1.54, 1.807) is 0 Å². The summed E-state index contributed by atoms with van der Waals surface area (Å²) in [5, 5.41) is 4.97. The summed E-state index contributed by atoms with van der Waals surface area (Å²) in [6, 6.07) is 19.4. The number of hydrogen-bond donors (Lipinski definition) is 1. The number of nitrogens with one attached hydrogen (secondary N) is 1. The number of morpholine rings is 1. The van der Waals surface area contributed by atoms with Crippen LogP contribution in [0.5, 0.6) is 0 Å². The van der Waals surface area contributed by atoms with Crippen molar-refractivity contribution in [3.63, 3.8) is 0 Å². The Bertz CT molecular complexity index is 822. The van der Waals surface area contributed by atoms with Gasteiger partial charge < -0.3 is 14.6 Å². The maximum absolute atomic E-state index is 5.41. The van der Waals surface area contributed by atoms with Crippen LogP contribution < -0.4 is 5.32 Å². The van der Waals surface area contributed by atoms with Gasteiger partial charge in [-0.3, -0.25) is 4.90 Å². The summed E-state index contributed by atoms with van der Waals surface area (Å²) < 4.78 is 7.78. The quantitative estimate of drug-likeness (QED) is 0.665. The standard InChI is InChI=1S/C22H27N3O/c1-2-6-19(7-3-1)17-25-18-20(21-8-4-5-9-22(21)25)16-23-10-11-24-12-14-26-15-13-24/h1-9,18,23H,10-17H2.